The monoisotopic (exact) mass is 307 g/mol. The van der Waals surface area contributed by atoms with E-state index in [4.69, 9.17) is 0 Å². The number of amides is 1. The second kappa shape index (κ2) is 5.14. The van der Waals surface area contributed by atoms with Crippen molar-refractivity contribution in [1.82, 2.24) is 10.3 Å². The summed E-state index contributed by atoms with van der Waals surface area (Å²) in [5.41, 5.74) is 0.768. The van der Waals surface area contributed by atoms with Crippen LogP contribution < -0.4 is 10.2 Å². The number of ether oxygens (including phenoxy) is 1. The smallest absolute Gasteiger partial charge is 0.357 e. The summed E-state index contributed by atoms with van der Waals surface area (Å²) >= 11 is 1.40. The van der Waals surface area contributed by atoms with Gasteiger partial charge in [-0.1, -0.05) is 6.58 Å². The van der Waals surface area contributed by atoms with Crippen molar-refractivity contribution in [2.24, 2.45) is 5.41 Å². The maximum Gasteiger partial charge on any atom is 0.357 e. The Morgan fingerprint density at radius 2 is 2.38 bits per heavy atom. The number of rotatable bonds is 2. The second-order valence-electron chi connectivity index (χ2n) is 5.52. The highest BCUT2D eigenvalue weighted by molar-refractivity contribution is 7.13. The molecule has 0 bridgehead atoms. The molecular weight excluding hydrogens is 290 g/mol. The van der Waals surface area contributed by atoms with E-state index in [0.29, 0.717) is 12.2 Å². The van der Waals surface area contributed by atoms with Crippen LogP contribution in [0.4, 0.5) is 5.13 Å². The summed E-state index contributed by atoms with van der Waals surface area (Å²) < 4.78 is 4.66. The summed E-state index contributed by atoms with van der Waals surface area (Å²) in [4.78, 5) is 30.1. The number of nitrogens with zero attached hydrogens (tertiary/aromatic N) is 2. The van der Waals surface area contributed by atoms with Gasteiger partial charge >= 0.3 is 5.97 Å². The Hall–Kier alpha value is -1.89. The van der Waals surface area contributed by atoms with Gasteiger partial charge in [-0.05, 0) is 19.3 Å². The van der Waals surface area contributed by atoms with Crippen LogP contribution in [-0.4, -0.2) is 37.1 Å². The Balaban J connectivity index is 1.75. The van der Waals surface area contributed by atoms with Crippen LogP contribution in [0, 0.1) is 5.41 Å². The van der Waals surface area contributed by atoms with E-state index in [1.807, 2.05) is 0 Å². The number of carbonyl (C=O) groups is 2. The SMILES string of the molecule is C=C1CCC2(CCN(c3nc(C(=O)OC)cs3)C2)C(=O)N1. The van der Waals surface area contributed by atoms with E-state index < -0.39 is 5.97 Å². The number of hydrogen-bond acceptors (Lipinski definition) is 6. The van der Waals surface area contributed by atoms with Gasteiger partial charge in [0.1, 0.15) is 0 Å². The number of methoxy groups -OCH3 is 1. The molecular formula is C14H17N3O3S. The Morgan fingerprint density at radius 1 is 1.57 bits per heavy atom. The molecule has 7 heteroatoms. The summed E-state index contributed by atoms with van der Waals surface area (Å²) in [6, 6.07) is 0. The molecule has 2 fully saturated rings. The van der Waals surface area contributed by atoms with Gasteiger partial charge in [-0.3, -0.25) is 4.79 Å². The van der Waals surface area contributed by atoms with Gasteiger partial charge in [-0.15, -0.1) is 11.3 Å². The zero-order chi connectivity index (χ0) is 15.0. The molecule has 0 aromatic carbocycles. The van der Waals surface area contributed by atoms with Crippen molar-refractivity contribution in [3.05, 3.63) is 23.3 Å². The lowest BCUT2D eigenvalue weighted by molar-refractivity contribution is -0.131. The van der Waals surface area contributed by atoms with Crippen LogP contribution in [-0.2, 0) is 9.53 Å². The van der Waals surface area contributed by atoms with Crippen LogP contribution in [0.15, 0.2) is 17.7 Å². The molecule has 2 saturated heterocycles. The zero-order valence-electron chi connectivity index (χ0n) is 11.8. The molecule has 3 rings (SSSR count). The van der Waals surface area contributed by atoms with Crippen molar-refractivity contribution < 1.29 is 14.3 Å². The molecule has 1 N–H and O–H groups in total. The van der Waals surface area contributed by atoms with Gasteiger partial charge in [0.15, 0.2) is 10.8 Å². The van der Waals surface area contributed by atoms with E-state index in [9.17, 15) is 9.59 Å². The molecule has 112 valence electrons. The molecule has 1 spiro atoms. The average Bonchev–Trinajstić information content (AvgIpc) is 3.10. The molecule has 3 heterocycles. The molecule has 6 nitrogen and oxygen atoms in total. The first kappa shape index (κ1) is 14.1. The van der Waals surface area contributed by atoms with Crippen LogP contribution in [0.25, 0.3) is 0 Å². The molecule has 2 aliphatic heterocycles. The third-order valence-electron chi connectivity index (χ3n) is 4.19. The van der Waals surface area contributed by atoms with E-state index in [-0.39, 0.29) is 11.3 Å². The molecule has 1 amide bonds. The lowest BCUT2D eigenvalue weighted by atomic mass is 9.78. The molecule has 1 unspecified atom stereocenters. The van der Waals surface area contributed by atoms with E-state index >= 15 is 0 Å². The highest BCUT2D eigenvalue weighted by atomic mass is 32.1. The number of esters is 1. The Morgan fingerprint density at radius 3 is 3.10 bits per heavy atom. The molecule has 0 radical (unpaired) electrons. The number of aromatic nitrogens is 1. The minimum atomic E-state index is -0.432. The fraction of sp³-hybridized carbons (Fsp3) is 0.500. The Labute approximate surface area is 126 Å². The lowest BCUT2D eigenvalue weighted by Gasteiger charge is -2.33. The number of nitrogens with one attached hydrogen (secondary N) is 1. The summed E-state index contributed by atoms with van der Waals surface area (Å²) in [6.45, 7) is 5.23. The minimum Gasteiger partial charge on any atom is -0.464 e. The third-order valence-corrected chi connectivity index (χ3v) is 5.09. The first-order valence-corrected chi connectivity index (χ1v) is 7.70. The molecule has 1 atom stereocenters. The zero-order valence-corrected chi connectivity index (χ0v) is 12.7. The standard InChI is InChI=1S/C14H17N3O3S/c1-9-3-4-14(12(19)15-9)5-6-17(8-14)13-16-10(7-21-13)11(18)20-2/h7H,1,3-6,8H2,2H3,(H,15,19). The summed E-state index contributed by atoms with van der Waals surface area (Å²) in [7, 11) is 1.34. The number of thiazole rings is 1. The maximum atomic E-state index is 12.3. The third kappa shape index (κ3) is 2.42. The van der Waals surface area contributed by atoms with E-state index in [1.54, 1.807) is 5.38 Å². The van der Waals surface area contributed by atoms with Gasteiger partial charge in [0.2, 0.25) is 5.91 Å². The van der Waals surface area contributed by atoms with Crippen molar-refractivity contribution in [3.63, 3.8) is 0 Å². The predicted octanol–water partition coefficient (Wildman–Crippen LogP) is 1.55. The first-order chi connectivity index (χ1) is 10.0. The minimum absolute atomic E-state index is 0.0611. The quantitative estimate of drug-likeness (QED) is 0.839. The topological polar surface area (TPSA) is 71.5 Å². The highest BCUT2D eigenvalue weighted by Gasteiger charge is 2.47. The number of carbonyl (C=O) groups excluding carboxylic acids is 2. The maximum absolute atomic E-state index is 12.3. The number of hydrogen-bond donors (Lipinski definition) is 1. The number of piperidine rings is 1. The Bertz CT molecular complexity index is 612. The molecule has 21 heavy (non-hydrogen) atoms. The number of allylic oxidation sites excluding steroid dienone is 1. The van der Waals surface area contributed by atoms with Crippen LogP contribution in [0.5, 0.6) is 0 Å². The predicted molar refractivity (Wildman–Crippen MR) is 79.2 cm³/mol. The number of anilines is 1. The normalized spacial score (nSPS) is 25.3. The molecule has 1 aromatic rings. The van der Waals surface area contributed by atoms with E-state index in [2.05, 4.69) is 26.5 Å². The van der Waals surface area contributed by atoms with Gasteiger partial charge in [0.25, 0.3) is 0 Å². The van der Waals surface area contributed by atoms with Crippen molar-refractivity contribution >= 4 is 28.3 Å². The average molecular weight is 307 g/mol. The summed E-state index contributed by atoms with van der Waals surface area (Å²) in [5.74, 6) is -0.371. The van der Waals surface area contributed by atoms with Crippen molar-refractivity contribution in [2.45, 2.75) is 19.3 Å². The fourth-order valence-electron chi connectivity index (χ4n) is 2.89. The van der Waals surface area contributed by atoms with Crippen molar-refractivity contribution in [3.8, 4) is 0 Å². The Kier molecular flexibility index (Phi) is 3.44. The summed E-state index contributed by atoms with van der Waals surface area (Å²) in [5, 5.41) is 5.32. The lowest BCUT2D eigenvalue weighted by Crippen LogP contribution is -2.46. The van der Waals surface area contributed by atoms with Crippen molar-refractivity contribution in [1.29, 1.82) is 0 Å². The molecule has 0 saturated carbocycles. The van der Waals surface area contributed by atoms with Gasteiger partial charge in [-0.25, -0.2) is 9.78 Å². The van der Waals surface area contributed by atoms with Crippen LogP contribution in [0.2, 0.25) is 0 Å². The van der Waals surface area contributed by atoms with Gasteiger partial charge in [0.05, 0.1) is 12.5 Å². The second-order valence-corrected chi connectivity index (χ2v) is 6.35. The molecule has 0 aliphatic carbocycles. The largest absolute Gasteiger partial charge is 0.464 e. The van der Waals surface area contributed by atoms with Gasteiger partial charge in [0, 0.05) is 24.2 Å². The van der Waals surface area contributed by atoms with Crippen molar-refractivity contribution in [2.75, 3.05) is 25.1 Å². The van der Waals surface area contributed by atoms with Crippen LogP contribution >= 0.6 is 11.3 Å². The highest BCUT2D eigenvalue weighted by Crippen LogP contribution is 2.41. The molecule has 1 aromatic heterocycles. The van der Waals surface area contributed by atoms with E-state index in [0.717, 1.165) is 36.6 Å². The van der Waals surface area contributed by atoms with E-state index in [1.165, 1.54) is 18.4 Å². The summed E-state index contributed by atoms with van der Waals surface area (Å²) in [6.07, 6.45) is 2.45. The fourth-order valence-corrected chi connectivity index (χ4v) is 3.71. The molecule has 2 aliphatic rings. The van der Waals surface area contributed by atoms with Crippen LogP contribution in [0.3, 0.4) is 0 Å². The first-order valence-electron chi connectivity index (χ1n) is 6.82. The van der Waals surface area contributed by atoms with Gasteiger partial charge in [-0.2, -0.15) is 0 Å². The van der Waals surface area contributed by atoms with Crippen LogP contribution in [0.1, 0.15) is 29.8 Å². The van der Waals surface area contributed by atoms with Gasteiger partial charge < -0.3 is 15.0 Å².